The molecule has 1 aliphatic carbocycles. The van der Waals surface area contributed by atoms with Gasteiger partial charge in [0.1, 0.15) is 12.7 Å². The van der Waals surface area contributed by atoms with Crippen LogP contribution in [-0.4, -0.2) is 36.1 Å². The number of nitrogens with zero attached hydrogens (tertiary/aromatic N) is 1. The van der Waals surface area contributed by atoms with Crippen LogP contribution in [0.1, 0.15) is 64.4 Å². The van der Waals surface area contributed by atoms with Crippen LogP contribution in [0.4, 0.5) is 0 Å². The molecule has 0 aromatic heterocycles. The summed E-state index contributed by atoms with van der Waals surface area (Å²) in [4.78, 5) is 5.46. The van der Waals surface area contributed by atoms with Crippen LogP contribution in [0.15, 0.2) is 35.5 Å². The van der Waals surface area contributed by atoms with Crippen LogP contribution in [0.25, 0.3) is 6.08 Å². The van der Waals surface area contributed by atoms with Gasteiger partial charge in [-0.05, 0) is 55.4 Å². The maximum atomic E-state index is 10.2. The third-order valence-electron chi connectivity index (χ3n) is 5.01. The minimum absolute atomic E-state index is 0.208. The Bertz CT molecular complexity index is 608. The largest absolute Gasteiger partial charge is 0.393 e. The van der Waals surface area contributed by atoms with Crippen LogP contribution in [0, 0.1) is 5.92 Å². The van der Waals surface area contributed by atoms with Crippen molar-refractivity contribution in [2.45, 2.75) is 70.9 Å². The number of hydrogen-bond donors (Lipinski definition) is 2. The minimum Gasteiger partial charge on any atom is -0.393 e. The molecule has 0 aliphatic heterocycles. The van der Waals surface area contributed by atoms with Gasteiger partial charge in [-0.25, -0.2) is 0 Å². The van der Waals surface area contributed by atoms with E-state index in [1.165, 1.54) is 32.1 Å². The van der Waals surface area contributed by atoms with E-state index in [-0.39, 0.29) is 6.61 Å². The maximum Gasteiger partial charge on any atom is 0.144 e. The zero-order chi connectivity index (χ0) is 20.2. The molecule has 28 heavy (non-hydrogen) atoms. The number of nitrogens with one attached hydrogen (secondary N) is 1. The molecule has 0 heterocycles. The first-order valence-corrected chi connectivity index (χ1v) is 10.9. The Morgan fingerprint density at radius 3 is 2.64 bits per heavy atom. The molecule has 1 aromatic rings. The first-order chi connectivity index (χ1) is 13.5. The quantitative estimate of drug-likeness (QED) is 0.379. The molecule has 0 bridgehead atoms. The lowest BCUT2D eigenvalue weighted by atomic mass is 9.95. The van der Waals surface area contributed by atoms with E-state index in [2.05, 4.69) is 24.3 Å². The van der Waals surface area contributed by atoms with Gasteiger partial charge in [-0.15, -0.1) is 0 Å². The van der Waals surface area contributed by atoms with Gasteiger partial charge in [0, 0.05) is 17.6 Å². The number of allylic oxidation sites excluding steroid dienone is 1. The van der Waals surface area contributed by atoms with Crippen molar-refractivity contribution < 1.29 is 9.94 Å². The average molecular weight is 407 g/mol. The van der Waals surface area contributed by atoms with Gasteiger partial charge in [-0.3, -0.25) is 0 Å². The number of aliphatic hydroxyl groups excluding tert-OH is 1. The highest BCUT2D eigenvalue weighted by Crippen LogP contribution is 2.17. The van der Waals surface area contributed by atoms with Crippen molar-refractivity contribution >= 4 is 23.4 Å². The third-order valence-corrected chi connectivity index (χ3v) is 5.26. The molecule has 156 valence electrons. The topological polar surface area (TPSA) is 53.9 Å². The summed E-state index contributed by atoms with van der Waals surface area (Å²) in [7, 11) is 0. The first-order valence-electron chi connectivity index (χ1n) is 10.6. The molecule has 1 aromatic carbocycles. The Morgan fingerprint density at radius 2 is 1.96 bits per heavy atom. The standard InChI is InChI=1S/C23H35ClN2O2/c1-18(2)8-14-22(15-11-19-9-12-20(24)13-10-19)26-28-17-23(27)16-25-21-6-4-3-5-7-21/h9-13,15,18,21,23,25,27H,3-8,14,16-17H2,1-2H3/b15-11+,26-22+/t23-/m1/s1. The number of rotatable bonds is 11. The van der Waals surface area contributed by atoms with Gasteiger partial charge in [-0.1, -0.05) is 68.1 Å². The van der Waals surface area contributed by atoms with E-state index >= 15 is 0 Å². The van der Waals surface area contributed by atoms with Crippen molar-refractivity contribution in [3.63, 3.8) is 0 Å². The molecule has 0 saturated heterocycles. The summed E-state index contributed by atoms with van der Waals surface area (Å²) in [5, 5.41) is 18.6. The van der Waals surface area contributed by atoms with Crippen LogP contribution < -0.4 is 5.32 Å². The molecule has 2 rings (SSSR count). The highest BCUT2D eigenvalue weighted by molar-refractivity contribution is 6.30. The molecule has 0 spiro atoms. The van der Waals surface area contributed by atoms with Gasteiger partial charge in [0.25, 0.3) is 0 Å². The molecule has 0 unspecified atom stereocenters. The van der Waals surface area contributed by atoms with Gasteiger partial charge in [0.2, 0.25) is 0 Å². The van der Waals surface area contributed by atoms with E-state index in [1.807, 2.05) is 36.4 Å². The van der Waals surface area contributed by atoms with Crippen molar-refractivity contribution in [1.29, 1.82) is 0 Å². The highest BCUT2D eigenvalue weighted by atomic mass is 35.5. The molecule has 1 atom stereocenters. The molecule has 1 aliphatic rings. The zero-order valence-corrected chi connectivity index (χ0v) is 18.0. The number of aliphatic hydroxyl groups is 1. The molecular formula is C23H35ClN2O2. The van der Waals surface area contributed by atoms with Crippen LogP contribution in [0.5, 0.6) is 0 Å². The lowest BCUT2D eigenvalue weighted by Crippen LogP contribution is -2.38. The predicted molar refractivity (Wildman–Crippen MR) is 119 cm³/mol. The maximum absolute atomic E-state index is 10.2. The smallest absolute Gasteiger partial charge is 0.144 e. The predicted octanol–water partition coefficient (Wildman–Crippen LogP) is 5.45. The molecule has 5 heteroatoms. The van der Waals surface area contributed by atoms with Crippen molar-refractivity contribution in [3.05, 3.63) is 40.9 Å². The van der Waals surface area contributed by atoms with Gasteiger partial charge < -0.3 is 15.3 Å². The van der Waals surface area contributed by atoms with Crippen LogP contribution in [0.2, 0.25) is 5.02 Å². The summed E-state index contributed by atoms with van der Waals surface area (Å²) in [5.41, 5.74) is 1.95. The van der Waals surface area contributed by atoms with E-state index in [0.29, 0.717) is 18.5 Å². The number of oxime groups is 1. The second kappa shape index (κ2) is 13.0. The third kappa shape index (κ3) is 9.72. The van der Waals surface area contributed by atoms with Gasteiger partial charge in [0.15, 0.2) is 0 Å². The number of benzene rings is 1. The fourth-order valence-corrected chi connectivity index (χ4v) is 3.36. The lowest BCUT2D eigenvalue weighted by Gasteiger charge is -2.24. The normalized spacial score (nSPS) is 17.4. The fraction of sp³-hybridized carbons (Fsp3) is 0.609. The number of hydrogen-bond acceptors (Lipinski definition) is 4. The van der Waals surface area contributed by atoms with Gasteiger partial charge in [0.05, 0.1) is 5.71 Å². The molecule has 1 saturated carbocycles. The summed E-state index contributed by atoms with van der Waals surface area (Å²) in [6, 6.07) is 8.23. The van der Waals surface area contributed by atoms with E-state index in [0.717, 1.165) is 29.1 Å². The second-order valence-corrected chi connectivity index (χ2v) is 8.53. The van der Waals surface area contributed by atoms with E-state index in [9.17, 15) is 5.11 Å². The second-order valence-electron chi connectivity index (χ2n) is 8.09. The Kier molecular flexibility index (Phi) is 10.6. The summed E-state index contributed by atoms with van der Waals surface area (Å²) >= 11 is 5.94. The van der Waals surface area contributed by atoms with E-state index in [4.69, 9.17) is 16.4 Å². The molecule has 1 fully saturated rings. The van der Waals surface area contributed by atoms with Gasteiger partial charge in [-0.2, -0.15) is 0 Å². The van der Waals surface area contributed by atoms with Crippen molar-refractivity contribution in [2.75, 3.05) is 13.2 Å². The Labute approximate surface area is 175 Å². The lowest BCUT2D eigenvalue weighted by molar-refractivity contribution is 0.0381. The highest BCUT2D eigenvalue weighted by Gasteiger charge is 2.14. The molecule has 0 amide bonds. The van der Waals surface area contributed by atoms with Crippen LogP contribution in [-0.2, 0) is 4.84 Å². The monoisotopic (exact) mass is 406 g/mol. The summed E-state index contributed by atoms with van der Waals surface area (Å²) in [5.74, 6) is 0.597. The van der Waals surface area contributed by atoms with E-state index in [1.54, 1.807) is 0 Å². The average Bonchev–Trinajstić information content (AvgIpc) is 2.70. The summed E-state index contributed by atoms with van der Waals surface area (Å²) in [6.07, 6.45) is 11.7. The van der Waals surface area contributed by atoms with Crippen LogP contribution in [0.3, 0.4) is 0 Å². The SMILES string of the molecule is CC(C)CCC(/C=C/c1ccc(Cl)cc1)=N\OC[C@H](O)CNC1CCCCC1. The Morgan fingerprint density at radius 1 is 1.25 bits per heavy atom. The van der Waals surface area contributed by atoms with Crippen LogP contribution >= 0.6 is 11.6 Å². The number of halogens is 1. The first kappa shape index (κ1) is 22.9. The van der Waals surface area contributed by atoms with Crippen molar-refractivity contribution in [3.8, 4) is 0 Å². The zero-order valence-electron chi connectivity index (χ0n) is 17.2. The summed E-state index contributed by atoms with van der Waals surface area (Å²) < 4.78 is 0. The fourth-order valence-electron chi connectivity index (χ4n) is 3.24. The molecule has 4 nitrogen and oxygen atoms in total. The van der Waals surface area contributed by atoms with Crippen molar-refractivity contribution in [1.82, 2.24) is 5.32 Å². The minimum atomic E-state index is -0.544. The Balaban J connectivity index is 1.81. The molecule has 2 N–H and O–H groups in total. The Hall–Kier alpha value is -1.36. The van der Waals surface area contributed by atoms with Gasteiger partial charge >= 0.3 is 0 Å². The molecule has 0 radical (unpaired) electrons. The molecular weight excluding hydrogens is 372 g/mol. The summed E-state index contributed by atoms with van der Waals surface area (Å²) in [6.45, 7) is 5.16. The van der Waals surface area contributed by atoms with Crippen molar-refractivity contribution in [2.24, 2.45) is 11.1 Å². The van der Waals surface area contributed by atoms with E-state index < -0.39 is 6.10 Å².